The van der Waals surface area contributed by atoms with Gasteiger partial charge in [0.1, 0.15) is 0 Å². The molecule has 2 aromatic rings. The SMILES string of the molecule is Nc1nc2cc(Br)ccc2cc1O. The molecule has 4 heteroatoms. The van der Waals surface area contributed by atoms with E-state index in [0.717, 1.165) is 15.4 Å². The van der Waals surface area contributed by atoms with E-state index in [4.69, 9.17) is 5.73 Å². The zero-order valence-electron chi connectivity index (χ0n) is 6.66. The normalized spacial score (nSPS) is 10.5. The van der Waals surface area contributed by atoms with Crippen LogP contribution in [0.2, 0.25) is 0 Å². The van der Waals surface area contributed by atoms with Gasteiger partial charge in [0.05, 0.1) is 5.52 Å². The number of nitrogen functional groups attached to an aromatic ring is 1. The Morgan fingerprint density at radius 2 is 2.08 bits per heavy atom. The van der Waals surface area contributed by atoms with Crippen LogP contribution in [0.5, 0.6) is 5.75 Å². The van der Waals surface area contributed by atoms with E-state index in [1.54, 1.807) is 6.07 Å². The Hall–Kier alpha value is -1.29. The van der Waals surface area contributed by atoms with Crippen molar-refractivity contribution in [3.05, 3.63) is 28.7 Å². The maximum absolute atomic E-state index is 9.29. The Morgan fingerprint density at radius 1 is 1.31 bits per heavy atom. The lowest BCUT2D eigenvalue weighted by Gasteiger charge is -2.01. The van der Waals surface area contributed by atoms with Gasteiger partial charge in [0.15, 0.2) is 11.6 Å². The number of anilines is 1. The highest BCUT2D eigenvalue weighted by Gasteiger charge is 2.01. The van der Waals surface area contributed by atoms with E-state index < -0.39 is 0 Å². The van der Waals surface area contributed by atoms with Crippen molar-refractivity contribution in [3.63, 3.8) is 0 Å². The number of rotatable bonds is 0. The highest BCUT2D eigenvalue weighted by Crippen LogP contribution is 2.25. The average molecular weight is 239 g/mol. The van der Waals surface area contributed by atoms with Crippen LogP contribution >= 0.6 is 15.9 Å². The fourth-order valence-electron chi connectivity index (χ4n) is 1.14. The molecule has 3 N–H and O–H groups in total. The number of pyridine rings is 1. The van der Waals surface area contributed by atoms with Crippen LogP contribution < -0.4 is 5.73 Å². The summed E-state index contributed by atoms with van der Waals surface area (Å²) in [5, 5.41) is 10.2. The summed E-state index contributed by atoms with van der Waals surface area (Å²) >= 11 is 3.33. The molecule has 1 heterocycles. The van der Waals surface area contributed by atoms with Crippen LogP contribution in [0, 0.1) is 0 Å². The number of nitrogens with two attached hydrogens (primary N) is 1. The number of hydrogen-bond donors (Lipinski definition) is 2. The van der Waals surface area contributed by atoms with Crippen LogP contribution in [0.15, 0.2) is 28.7 Å². The minimum Gasteiger partial charge on any atom is -0.504 e. The van der Waals surface area contributed by atoms with Crippen LogP contribution in [-0.2, 0) is 0 Å². The van der Waals surface area contributed by atoms with Crippen LogP contribution in [0.25, 0.3) is 10.9 Å². The molecule has 3 nitrogen and oxygen atoms in total. The quantitative estimate of drug-likeness (QED) is 0.741. The summed E-state index contributed by atoms with van der Waals surface area (Å²) in [7, 11) is 0. The van der Waals surface area contributed by atoms with E-state index in [-0.39, 0.29) is 11.6 Å². The van der Waals surface area contributed by atoms with Gasteiger partial charge in [0.2, 0.25) is 0 Å². The van der Waals surface area contributed by atoms with Crippen molar-refractivity contribution in [2.75, 3.05) is 5.73 Å². The molecule has 0 atom stereocenters. The Labute approximate surface area is 83.3 Å². The standard InChI is InChI=1S/C9H7BrN2O/c10-6-2-1-5-3-8(13)9(11)12-7(5)4-6/h1-4,13H,(H2,11,12). The van der Waals surface area contributed by atoms with Gasteiger partial charge in [-0.25, -0.2) is 4.98 Å². The lowest BCUT2D eigenvalue weighted by molar-refractivity contribution is 0.477. The lowest BCUT2D eigenvalue weighted by atomic mass is 10.2. The van der Waals surface area contributed by atoms with E-state index in [1.807, 2.05) is 18.2 Å². The fraction of sp³-hybridized carbons (Fsp3) is 0. The second kappa shape index (κ2) is 2.88. The maximum Gasteiger partial charge on any atom is 0.166 e. The van der Waals surface area contributed by atoms with E-state index in [9.17, 15) is 5.11 Å². The van der Waals surface area contributed by atoms with E-state index in [0.29, 0.717) is 0 Å². The van der Waals surface area contributed by atoms with Gasteiger partial charge in [0.25, 0.3) is 0 Å². The topological polar surface area (TPSA) is 59.1 Å². The molecule has 0 bridgehead atoms. The number of aromatic hydroxyl groups is 1. The fourth-order valence-corrected chi connectivity index (χ4v) is 1.49. The summed E-state index contributed by atoms with van der Waals surface area (Å²) < 4.78 is 0.942. The first-order valence-electron chi connectivity index (χ1n) is 3.71. The Bertz CT molecular complexity index is 470. The van der Waals surface area contributed by atoms with Gasteiger partial charge >= 0.3 is 0 Å². The molecule has 0 unspecified atom stereocenters. The number of nitrogens with zero attached hydrogens (tertiary/aromatic N) is 1. The maximum atomic E-state index is 9.29. The summed E-state index contributed by atoms with van der Waals surface area (Å²) in [6.45, 7) is 0. The van der Waals surface area contributed by atoms with Gasteiger partial charge < -0.3 is 10.8 Å². The average Bonchev–Trinajstić information content (AvgIpc) is 2.08. The monoisotopic (exact) mass is 238 g/mol. The first-order valence-corrected chi connectivity index (χ1v) is 4.51. The van der Waals surface area contributed by atoms with Gasteiger partial charge in [0, 0.05) is 9.86 Å². The number of halogens is 1. The van der Waals surface area contributed by atoms with Gasteiger partial charge in [-0.1, -0.05) is 22.0 Å². The lowest BCUT2D eigenvalue weighted by Crippen LogP contribution is -1.90. The van der Waals surface area contributed by atoms with E-state index in [2.05, 4.69) is 20.9 Å². The summed E-state index contributed by atoms with van der Waals surface area (Å²) in [6.07, 6.45) is 0. The molecule has 0 aliphatic heterocycles. The van der Waals surface area contributed by atoms with Crippen LogP contribution in [0.4, 0.5) is 5.82 Å². The Kier molecular flexibility index (Phi) is 1.84. The number of benzene rings is 1. The van der Waals surface area contributed by atoms with Gasteiger partial charge in [-0.2, -0.15) is 0 Å². The Morgan fingerprint density at radius 3 is 2.85 bits per heavy atom. The molecule has 0 radical (unpaired) electrons. The van der Waals surface area contributed by atoms with Crippen molar-refractivity contribution >= 4 is 32.7 Å². The second-order valence-corrected chi connectivity index (χ2v) is 3.65. The second-order valence-electron chi connectivity index (χ2n) is 2.73. The third-order valence-electron chi connectivity index (χ3n) is 1.79. The zero-order chi connectivity index (χ0) is 9.42. The molecule has 0 aliphatic carbocycles. The predicted octanol–water partition coefficient (Wildman–Crippen LogP) is 2.29. The molecular weight excluding hydrogens is 232 g/mol. The molecule has 1 aromatic heterocycles. The van der Waals surface area contributed by atoms with Crippen molar-refractivity contribution < 1.29 is 5.11 Å². The number of fused-ring (bicyclic) bond motifs is 1. The van der Waals surface area contributed by atoms with Crippen LogP contribution in [-0.4, -0.2) is 10.1 Å². The Balaban J connectivity index is 2.81. The molecule has 0 amide bonds. The summed E-state index contributed by atoms with van der Waals surface area (Å²) in [5.74, 6) is 0.181. The number of hydrogen-bond acceptors (Lipinski definition) is 3. The molecule has 66 valence electrons. The number of aromatic nitrogens is 1. The minimum atomic E-state index is 0.0230. The van der Waals surface area contributed by atoms with Gasteiger partial charge in [-0.15, -0.1) is 0 Å². The molecule has 2 rings (SSSR count). The van der Waals surface area contributed by atoms with E-state index >= 15 is 0 Å². The third-order valence-corrected chi connectivity index (χ3v) is 2.28. The van der Waals surface area contributed by atoms with Gasteiger partial charge in [-0.05, 0) is 18.2 Å². The molecule has 1 aromatic carbocycles. The van der Waals surface area contributed by atoms with E-state index in [1.165, 1.54) is 0 Å². The third kappa shape index (κ3) is 1.45. The molecule has 13 heavy (non-hydrogen) atoms. The largest absolute Gasteiger partial charge is 0.504 e. The summed E-state index contributed by atoms with van der Waals surface area (Å²) in [4.78, 5) is 4.03. The van der Waals surface area contributed by atoms with Crippen molar-refractivity contribution in [1.82, 2.24) is 4.98 Å². The molecule has 0 saturated carbocycles. The van der Waals surface area contributed by atoms with Crippen LogP contribution in [0.3, 0.4) is 0 Å². The van der Waals surface area contributed by atoms with Gasteiger partial charge in [-0.3, -0.25) is 0 Å². The first kappa shape index (κ1) is 8.31. The smallest absolute Gasteiger partial charge is 0.166 e. The molecule has 0 aliphatic rings. The summed E-state index contributed by atoms with van der Waals surface area (Å²) in [6, 6.07) is 7.21. The minimum absolute atomic E-state index is 0.0230. The highest BCUT2D eigenvalue weighted by atomic mass is 79.9. The van der Waals surface area contributed by atoms with Crippen LogP contribution in [0.1, 0.15) is 0 Å². The van der Waals surface area contributed by atoms with Crippen molar-refractivity contribution in [2.24, 2.45) is 0 Å². The highest BCUT2D eigenvalue weighted by molar-refractivity contribution is 9.10. The molecule has 0 spiro atoms. The zero-order valence-corrected chi connectivity index (χ0v) is 8.25. The first-order chi connectivity index (χ1) is 6.16. The molecular formula is C9H7BrN2O. The predicted molar refractivity (Wildman–Crippen MR) is 55.5 cm³/mol. The van der Waals surface area contributed by atoms with Crippen molar-refractivity contribution in [1.29, 1.82) is 0 Å². The molecule has 0 saturated heterocycles. The molecule has 0 fully saturated rings. The van der Waals surface area contributed by atoms with Crippen molar-refractivity contribution in [2.45, 2.75) is 0 Å². The van der Waals surface area contributed by atoms with Crippen molar-refractivity contribution in [3.8, 4) is 5.75 Å². The summed E-state index contributed by atoms with van der Waals surface area (Å²) in [5.41, 5.74) is 6.23.